The van der Waals surface area contributed by atoms with Gasteiger partial charge < -0.3 is 10.0 Å². The lowest BCUT2D eigenvalue weighted by atomic mass is 9.84. The number of amides is 3. The van der Waals surface area contributed by atoms with Gasteiger partial charge in [0.15, 0.2) is 0 Å². The average Bonchev–Trinajstić information content (AvgIpc) is 3.16. The number of hydrogen-bond donors (Lipinski definition) is 2. The molecule has 0 saturated carbocycles. The number of aliphatic hydroxyl groups excluding tert-OH is 1. The number of piperidine rings is 2. The smallest absolute Gasteiger partial charge is 0.231 e. The molecule has 29 heavy (non-hydrogen) atoms. The zero-order valence-corrected chi connectivity index (χ0v) is 17.4. The molecular formula is C19H29N5O4S. The first kappa shape index (κ1) is 21.8. The SMILES string of the molecule is O=C1CCC(C2CCCCN2C(=O)CCCn2cc(CSCCO)nn2)C(=O)N1. The highest BCUT2D eigenvalue weighted by Gasteiger charge is 2.39. The highest BCUT2D eigenvalue weighted by atomic mass is 32.2. The van der Waals surface area contributed by atoms with Crippen molar-refractivity contribution in [2.75, 3.05) is 18.9 Å². The number of rotatable bonds is 9. The zero-order valence-electron chi connectivity index (χ0n) is 16.6. The van der Waals surface area contributed by atoms with E-state index in [9.17, 15) is 14.4 Å². The van der Waals surface area contributed by atoms with Crippen LogP contribution in [0.1, 0.15) is 50.6 Å². The summed E-state index contributed by atoms with van der Waals surface area (Å²) in [6.07, 6.45) is 6.57. The molecule has 10 heteroatoms. The number of aliphatic hydroxyl groups is 1. The van der Waals surface area contributed by atoms with Crippen LogP contribution < -0.4 is 5.32 Å². The minimum Gasteiger partial charge on any atom is -0.396 e. The van der Waals surface area contributed by atoms with E-state index >= 15 is 0 Å². The topological polar surface area (TPSA) is 117 Å². The Bertz CT molecular complexity index is 725. The summed E-state index contributed by atoms with van der Waals surface area (Å²) < 4.78 is 1.75. The molecule has 2 unspecified atom stereocenters. The molecule has 1 aromatic rings. The Hall–Kier alpha value is -1.94. The van der Waals surface area contributed by atoms with E-state index in [-0.39, 0.29) is 36.3 Å². The summed E-state index contributed by atoms with van der Waals surface area (Å²) in [7, 11) is 0. The van der Waals surface area contributed by atoms with Gasteiger partial charge in [-0.15, -0.1) is 5.10 Å². The molecule has 9 nitrogen and oxygen atoms in total. The number of carbonyl (C=O) groups is 3. The van der Waals surface area contributed by atoms with Crippen LogP contribution in [0.2, 0.25) is 0 Å². The third kappa shape index (κ3) is 6.02. The van der Waals surface area contributed by atoms with E-state index in [2.05, 4.69) is 15.6 Å². The quantitative estimate of drug-likeness (QED) is 0.444. The summed E-state index contributed by atoms with van der Waals surface area (Å²) in [5.41, 5.74) is 0.865. The molecule has 2 atom stereocenters. The van der Waals surface area contributed by atoms with E-state index in [1.54, 1.807) is 16.4 Å². The fourth-order valence-electron chi connectivity index (χ4n) is 4.05. The van der Waals surface area contributed by atoms with Gasteiger partial charge in [-0.3, -0.25) is 24.4 Å². The van der Waals surface area contributed by atoms with Crippen molar-refractivity contribution in [3.63, 3.8) is 0 Å². The van der Waals surface area contributed by atoms with Crippen molar-refractivity contribution in [3.8, 4) is 0 Å². The maximum absolute atomic E-state index is 12.8. The number of nitrogens with zero attached hydrogens (tertiary/aromatic N) is 4. The van der Waals surface area contributed by atoms with Gasteiger partial charge in [0.2, 0.25) is 17.7 Å². The van der Waals surface area contributed by atoms with Gasteiger partial charge in [0.05, 0.1) is 18.2 Å². The molecule has 0 bridgehead atoms. The number of aryl methyl sites for hydroxylation is 1. The van der Waals surface area contributed by atoms with Gasteiger partial charge in [-0.05, 0) is 32.1 Å². The molecule has 0 aliphatic carbocycles. The van der Waals surface area contributed by atoms with Gasteiger partial charge in [-0.25, -0.2) is 0 Å². The van der Waals surface area contributed by atoms with Gasteiger partial charge in [-0.2, -0.15) is 11.8 Å². The largest absolute Gasteiger partial charge is 0.396 e. The molecule has 3 rings (SSSR count). The van der Waals surface area contributed by atoms with E-state index in [1.807, 2.05) is 11.1 Å². The van der Waals surface area contributed by atoms with Crippen LogP contribution in [0.15, 0.2) is 6.20 Å². The van der Waals surface area contributed by atoms with E-state index in [4.69, 9.17) is 5.11 Å². The molecule has 2 saturated heterocycles. The van der Waals surface area contributed by atoms with Crippen LogP contribution in [0.25, 0.3) is 0 Å². The Morgan fingerprint density at radius 1 is 1.31 bits per heavy atom. The number of thioether (sulfide) groups is 1. The number of nitrogens with one attached hydrogen (secondary N) is 1. The number of imide groups is 1. The van der Waals surface area contributed by atoms with Gasteiger partial charge in [-0.1, -0.05) is 5.21 Å². The summed E-state index contributed by atoms with van der Waals surface area (Å²) in [4.78, 5) is 38.4. The fourth-order valence-corrected chi connectivity index (χ4v) is 4.67. The predicted molar refractivity (Wildman–Crippen MR) is 108 cm³/mol. The lowest BCUT2D eigenvalue weighted by Gasteiger charge is -2.41. The first-order valence-corrected chi connectivity index (χ1v) is 11.4. The summed E-state index contributed by atoms with van der Waals surface area (Å²) in [5, 5.41) is 19.4. The van der Waals surface area contributed by atoms with E-state index in [1.165, 1.54) is 0 Å². The molecule has 2 aliphatic heterocycles. The first-order chi connectivity index (χ1) is 14.1. The van der Waals surface area contributed by atoms with Gasteiger partial charge in [0.1, 0.15) is 0 Å². The van der Waals surface area contributed by atoms with Crippen LogP contribution >= 0.6 is 11.8 Å². The molecule has 3 heterocycles. The highest BCUT2D eigenvalue weighted by molar-refractivity contribution is 7.98. The van der Waals surface area contributed by atoms with Crippen molar-refractivity contribution in [2.45, 2.75) is 63.3 Å². The van der Waals surface area contributed by atoms with Crippen molar-refractivity contribution >= 4 is 29.5 Å². The van der Waals surface area contributed by atoms with Gasteiger partial charge >= 0.3 is 0 Å². The highest BCUT2D eigenvalue weighted by Crippen LogP contribution is 2.29. The Morgan fingerprint density at radius 2 is 2.17 bits per heavy atom. The summed E-state index contributed by atoms with van der Waals surface area (Å²) >= 11 is 1.60. The molecule has 0 aromatic carbocycles. The number of hydrogen-bond acceptors (Lipinski definition) is 7. The zero-order chi connectivity index (χ0) is 20.6. The van der Waals surface area contributed by atoms with Crippen LogP contribution in [0, 0.1) is 5.92 Å². The Balaban J connectivity index is 1.48. The first-order valence-electron chi connectivity index (χ1n) is 10.3. The molecule has 0 spiro atoms. The summed E-state index contributed by atoms with van der Waals surface area (Å²) in [5.74, 6) is 0.707. The average molecular weight is 424 g/mol. The maximum Gasteiger partial charge on any atom is 0.231 e. The van der Waals surface area contributed by atoms with Crippen molar-refractivity contribution in [3.05, 3.63) is 11.9 Å². The molecule has 2 N–H and O–H groups in total. The minimum atomic E-state index is -0.286. The molecule has 2 aliphatic rings. The van der Waals surface area contributed by atoms with Gasteiger partial charge in [0.25, 0.3) is 0 Å². The number of carbonyl (C=O) groups excluding carboxylic acids is 3. The normalized spacial score (nSPS) is 22.6. The Morgan fingerprint density at radius 3 is 2.97 bits per heavy atom. The van der Waals surface area contributed by atoms with Crippen molar-refractivity contribution in [1.82, 2.24) is 25.2 Å². The summed E-state index contributed by atoms with van der Waals surface area (Å²) in [6.45, 7) is 1.44. The number of aromatic nitrogens is 3. The summed E-state index contributed by atoms with van der Waals surface area (Å²) in [6, 6.07) is -0.106. The Kier molecular flexibility index (Phi) is 8.05. The molecule has 1 aromatic heterocycles. The van der Waals surface area contributed by atoms with Gasteiger partial charge in [0, 0.05) is 49.7 Å². The van der Waals surface area contributed by atoms with E-state index in [0.29, 0.717) is 50.3 Å². The second kappa shape index (κ2) is 10.7. The van der Waals surface area contributed by atoms with Crippen molar-refractivity contribution in [1.29, 1.82) is 0 Å². The lowest BCUT2D eigenvalue weighted by molar-refractivity contribution is -0.143. The second-order valence-corrected chi connectivity index (χ2v) is 8.67. The predicted octanol–water partition coefficient (Wildman–Crippen LogP) is 0.718. The second-order valence-electron chi connectivity index (χ2n) is 7.56. The van der Waals surface area contributed by atoms with Crippen LogP contribution in [0.4, 0.5) is 0 Å². The molecule has 2 fully saturated rings. The fraction of sp³-hybridized carbons (Fsp3) is 0.737. The van der Waals surface area contributed by atoms with Crippen LogP contribution in [0.5, 0.6) is 0 Å². The van der Waals surface area contributed by atoms with Crippen LogP contribution in [-0.4, -0.2) is 67.7 Å². The third-order valence-corrected chi connectivity index (χ3v) is 6.44. The number of likely N-dealkylation sites (tertiary alicyclic amines) is 1. The van der Waals surface area contributed by atoms with Crippen molar-refractivity contribution < 1.29 is 19.5 Å². The van der Waals surface area contributed by atoms with Crippen LogP contribution in [-0.2, 0) is 26.7 Å². The Labute approximate surface area is 174 Å². The van der Waals surface area contributed by atoms with E-state index < -0.39 is 0 Å². The van der Waals surface area contributed by atoms with E-state index in [0.717, 1.165) is 25.0 Å². The van der Waals surface area contributed by atoms with Crippen molar-refractivity contribution in [2.24, 2.45) is 5.92 Å². The third-order valence-electron chi connectivity index (χ3n) is 5.47. The molecule has 0 radical (unpaired) electrons. The lowest BCUT2D eigenvalue weighted by Crippen LogP contribution is -2.54. The molecule has 160 valence electrons. The minimum absolute atomic E-state index is 0.0678. The maximum atomic E-state index is 12.8. The monoisotopic (exact) mass is 423 g/mol. The van der Waals surface area contributed by atoms with Crippen LogP contribution in [0.3, 0.4) is 0 Å². The standard InChI is InChI=1S/C19H29N5O4S/c25-10-11-29-13-14-12-23(22-21-14)8-3-5-18(27)24-9-2-1-4-16(24)15-6-7-17(26)20-19(15)28/h12,15-16,25H,1-11,13H2,(H,20,26,28). The molecular weight excluding hydrogens is 394 g/mol. The molecule has 3 amide bonds.